The number of benzene rings is 1. The summed E-state index contributed by atoms with van der Waals surface area (Å²) < 4.78 is 5.76. The Balaban J connectivity index is 1.64. The van der Waals surface area contributed by atoms with E-state index < -0.39 is 5.60 Å². The first-order chi connectivity index (χ1) is 12.8. The second-order valence-electron chi connectivity index (χ2n) is 7.75. The van der Waals surface area contributed by atoms with E-state index in [1.807, 2.05) is 4.90 Å². The van der Waals surface area contributed by atoms with Crippen molar-refractivity contribution in [3.63, 3.8) is 0 Å². The molecule has 0 aromatic heterocycles. The third-order valence-corrected chi connectivity index (χ3v) is 5.71. The van der Waals surface area contributed by atoms with E-state index in [4.69, 9.17) is 4.74 Å². The molecule has 6 nitrogen and oxygen atoms in total. The van der Waals surface area contributed by atoms with E-state index >= 15 is 0 Å². The standard InChI is InChI=1S/C21H28N2O4/c1-4-6-15(2)23-14-21(27-20(23)26)9-11-22(12-10-21)19(25)18-8-5-7-17(13-18)16(3)24/h5,7-8,13,15H,4,6,9-12,14H2,1-3H3. The van der Waals surface area contributed by atoms with Crippen molar-refractivity contribution in [1.82, 2.24) is 9.80 Å². The number of hydrogen-bond donors (Lipinski definition) is 0. The summed E-state index contributed by atoms with van der Waals surface area (Å²) in [5, 5.41) is 0. The van der Waals surface area contributed by atoms with Gasteiger partial charge in [0, 0.05) is 43.1 Å². The maximum Gasteiger partial charge on any atom is 0.410 e. The van der Waals surface area contributed by atoms with Crippen LogP contribution < -0.4 is 0 Å². The van der Waals surface area contributed by atoms with Gasteiger partial charge in [-0.2, -0.15) is 0 Å². The smallest absolute Gasteiger partial charge is 0.410 e. The van der Waals surface area contributed by atoms with E-state index in [1.54, 1.807) is 29.2 Å². The number of ketones is 1. The molecule has 2 aliphatic heterocycles. The number of nitrogens with zero attached hydrogens (tertiary/aromatic N) is 2. The minimum atomic E-state index is -0.475. The van der Waals surface area contributed by atoms with Gasteiger partial charge in [0.1, 0.15) is 5.60 Å². The van der Waals surface area contributed by atoms with Crippen molar-refractivity contribution >= 4 is 17.8 Å². The lowest BCUT2D eigenvalue weighted by molar-refractivity contribution is 0.00306. The molecule has 2 aliphatic rings. The molecule has 0 saturated carbocycles. The van der Waals surface area contributed by atoms with Gasteiger partial charge in [0.15, 0.2) is 5.78 Å². The van der Waals surface area contributed by atoms with Crippen LogP contribution in [0.3, 0.4) is 0 Å². The van der Waals surface area contributed by atoms with E-state index in [-0.39, 0.29) is 23.8 Å². The summed E-state index contributed by atoms with van der Waals surface area (Å²) in [6.07, 6.45) is 3.05. The first-order valence-electron chi connectivity index (χ1n) is 9.75. The molecule has 146 valence electrons. The fourth-order valence-electron chi connectivity index (χ4n) is 3.99. The largest absolute Gasteiger partial charge is 0.441 e. The predicted octanol–water partition coefficient (Wildman–Crippen LogP) is 3.50. The monoisotopic (exact) mass is 372 g/mol. The molecule has 27 heavy (non-hydrogen) atoms. The molecule has 0 N–H and O–H groups in total. The Morgan fingerprint density at radius 1 is 1.22 bits per heavy atom. The summed E-state index contributed by atoms with van der Waals surface area (Å²) in [4.78, 5) is 40.3. The highest BCUT2D eigenvalue weighted by Crippen LogP contribution is 2.35. The number of likely N-dealkylation sites (tertiary alicyclic amines) is 1. The Morgan fingerprint density at radius 2 is 1.89 bits per heavy atom. The van der Waals surface area contributed by atoms with Gasteiger partial charge in [-0.3, -0.25) is 9.59 Å². The number of carbonyl (C=O) groups is 3. The normalized spacial score (nSPS) is 19.9. The molecule has 2 fully saturated rings. The van der Waals surface area contributed by atoms with Gasteiger partial charge >= 0.3 is 6.09 Å². The van der Waals surface area contributed by atoms with Gasteiger partial charge in [-0.25, -0.2) is 4.79 Å². The maximum absolute atomic E-state index is 12.8. The van der Waals surface area contributed by atoms with Gasteiger partial charge in [-0.15, -0.1) is 0 Å². The molecule has 2 saturated heterocycles. The number of ether oxygens (including phenoxy) is 1. The quantitative estimate of drug-likeness (QED) is 0.742. The number of amides is 2. The molecular weight excluding hydrogens is 344 g/mol. The Bertz CT molecular complexity index is 737. The van der Waals surface area contributed by atoms with Crippen molar-refractivity contribution in [2.45, 2.75) is 58.1 Å². The van der Waals surface area contributed by atoms with Gasteiger partial charge in [-0.1, -0.05) is 25.5 Å². The topological polar surface area (TPSA) is 66.9 Å². The number of hydrogen-bond acceptors (Lipinski definition) is 4. The molecule has 1 unspecified atom stereocenters. The summed E-state index contributed by atoms with van der Waals surface area (Å²) in [5.74, 6) is -0.130. The molecule has 2 heterocycles. The lowest BCUT2D eigenvalue weighted by Gasteiger charge is -2.37. The van der Waals surface area contributed by atoms with Crippen molar-refractivity contribution in [2.75, 3.05) is 19.6 Å². The number of piperidine rings is 1. The lowest BCUT2D eigenvalue weighted by atomic mass is 9.90. The first kappa shape index (κ1) is 19.4. The zero-order valence-electron chi connectivity index (χ0n) is 16.4. The van der Waals surface area contributed by atoms with Crippen LogP contribution in [-0.4, -0.2) is 58.9 Å². The SMILES string of the molecule is CCCC(C)N1CC2(CCN(C(=O)c3cccc(C(C)=O)c3)CC2)OC1=O. The van der Waals surface area contributed by atoms with E-state index in [0.717, 1.165) is 12.8 Å². The third-order valence-electron chi connectivity index (χ3n) is 5.71. The van der Waals surface area contributed by atoms with Crippen LogP contribution in [-0.2, 0) is 4.74 Å². The van der Waals surface area contributed by atoms with Crippen molar-refractivity contribution in [2.24, 2.45) is 0 Å². The molecule has 6 heteroatoms. The highest BCUT2D eigenvalue weighted by molar-refractivity contribution is 5.99. The molecule has 1 spiro atoms. The Hall–Kier alpha value is -2.37. The minimum Gasteiger partial charge on any atom is -0.441 e. The highest BCUT2D eigenvalue weighted by Gasteiger charge is 2.48. The number of rotatable bonds is 5. The molecule has 1 aromatic carbocycles. The van der Waals surface area contributed by atoms with Crippen LogP contribution in [0.15, 0.2) is 24.3 Å². The first-order valence-corrected chi connectivity index (χ1v) is 9.75. The Labute approximate surface area is 160 Å². The van der Waals surface area contributed by atoms with E-state index in [1.165, 1.54) is 6.92 Å². The number of Topliss-reactive ketones (excluding diaryl/α,β-unsaturated/α-hetero) is 1. The average molecular weight is 372 g/mol. The van der Waals surface area contributed by atoms with Crippen molar-refractivity contribution in [3.8, 4) is 0 Å². The van der Waals surface area contributed by atoms with Crippen LogP contribution in [0.5, 0.6) is 0 Å². The molecule has 0 bridgehead atoms. The summed E-state index contributed by atoms with van der Waals surface area (Å²) in [7, 11) is 0. The van der Waals surface area contributed by atoms with E-state index in [9.17, 15) is 14.4 Å². The van der Waals surface area contributed by atoms with Crippen molar-refractivity contribution in [1.29, 1.82) is 0 Å². The van der Waals surface area contributed by atoms with Crippen LogP contribution >= 0.6 is 0 Å². The second-order valence-corrected chi connectivity index (χ2v) is 7.75. The molecule has 2 amide bonds. The van der Waals surface area contributed by atoms with Gasteiger partial charge in [0.25, 0.3) is 5.91 Å². The zero-order chi connectivity index (χ0) is 19.6. The second kappa shape index (κ2) is 7.71. The lowest BCUT2D eigenvalue weighted by Crippen LogP contribution is -2.49. The molecule has 0 aliphatic carbocycles. The third kappa shape index (κ3) is 3.99. The average Bonchev–Trinajstić information content (AvgIpc) is 2.98. The van der Waals surface area contributed by atoms with E-state index in [2.05, 4.69) is 13.8 Å². The predicted molar refractivity (Wildman–Crippen MR) is 102 cm³/mol. The van der Waals surface area contributed by atoms with Gasteiger partial charge in [0.05, 0.1) is 6.54 Å². The minimum absolute atomic E-state index is 0.0543. The fourth-order valence-corrected chi connectivity index (χ4v) is 3.99. The summed E-state index contributed by atoms with van der Waals surface area (Å²) >= 11 is 0. The molecule has 3 rings (SSSR count). The maximum atomic E-state index is 12.8. The van der Waals surface area contributed by atoms with Crippen molar-refractivity contribution in [3.05, 3.63) is 35.4 Å². The van der Waals surface area contributed by atoms with Crippen molar-refractivity contribution < 1.29 is 19.1 Å². The van der Waals surface area contributed by atoms with Crippen LogP contribution in [0.25, 0.3) is 0 Å². The number of carbonyl (C=O) groups excluding carboxylic acids is 3. The highest BCUT2D eigenvalue weighted by atomic mass is 16.6. The van der Waals surface area contributed by atoms with E-state index in [0.29, 0.717) is 43.6 Å². The summed E-state index contributed by atoms with van der Waals surface area (Å²) in [6.45, 7) is 7.37. The Kier molecular flexibility index (Phi) is 5.53. The van der Waals surface area contributed by atoms with Gasteiger partial charge in [0.2, 0.25) is 0 Å². The summed E-state index contributed by atoms with van der Waals surface area (Å²) in [5.41, 5.74) is 0.594. The zero-order valence-corrected chi connectivity index (χ0v) is 16.4. The van der Waals surface area contributed by atoms with Gasteiger partial charge < -0.3 is 14.5 Å². The van der Waals surface area contributed by atoms with Crippen LogP contribution in [0.1, 0.15) is 67.2 Å². The molecule has 0 radical (unpaired) electrons. The summed E-state index contributed by atoms with van der Waals surface area (Å²) in [6, 6.07) is 7.02. The molecule has 1 atom stereocenters. The molecular formula is C21H28N2O4. The van der Waals surface area contributed by atoms with Gasteiger partial charge in [-0.05, 0) is 32.4 Å². The molecule has 1 aromatic rings. The van der Waals surface area contributed by atoms with Crippen LogP contribution in [0, 0.1) is 0 Å². The van der Waals surface area contributed by atoms with Crippen LogP contribution in [0.2, 0.25) is 0 Å². The fraction of sp³-hybridized carbons (Fsp3) is 0.571. The Morgan fingerprint density at radius 3 is 2.52 bits per heavy atom. The van der Waals surface area contributed by atoms with Crippen LogP contribution in [0.4, 0.5) is 4.79 Å².